The van der Waals surface area contributed by atoms with Crippen LogP contribution in [-0.4, -0.2) is 57.6 Å². The van der Waals surface area contributed by atoms with Gasteiger partial charge in [-0.05, 0) is 28.1 Å². The number of Topliss-reactive ketones (excluding diaryl/α,β-unsaturated/α-hetero) is 1. The van der Waals surface area contributed by atoms with Gasteiger partial charge in [0, 0.05) is 26.2 Å². The van der Waals surface area contributed by atoms with Crippen molar-refractivity contribution in [2.75, 3.05) is 46.9 Å². The lowest BCUT2D eigenvalue weighted by Gasteiger charge is -2.26. The van der Waals surface area contributed by atoms with Crippen molar-refractivity contribution >= 4 is 21.7 Å². The van der Waals surface area contributed by atoms with E-state index in [1.54, 1.807) is 26.4 Å². The van der Waals surface area contributed by atoms with Crippen molar-refractivity contribution in [3.63, 3.8) is 0 Å². The molecule has 0 radical (unpaired) electrons. The summed E-state index contributed by atoms with van der Waals surface area (Å²) >= 11 is 3.42. The Kier molecular flexibility index (Phi) is 5.39. The van der Waals surface area contributed by atoms with Gasteiger partial charge in [-0.2, -0.15) is 0 Å². The topological polar surface area (TPSA) is 50.8 Å². The lowest BCUT2D eigenvalue weighted by molar-refractivity contribution is 0.0918. The number of nitrogens with zero attached hydrogens (tertiary/aromatic N) is 1. The molecular weight excluding hydrogens is 324 g/mol. The largest absolute Gasteiger partial charge is 0.495 e. The fourth-order valence-electron chi connectivity index (χ4n) is 2.27. The van der Waals surface area contributed by atoms with Gasteiger partial charge in [0.1, 0.15) is 16.0 Å². The Morgan fingerprint density at radius 1 is 1.30 bits per heavy atom. The monoisotopic (exact) mass is 342 g/mol. The van der Waals surface area contributed by atoms with Crippen LogP contribution in [0, 0.1) is 0 Å². The van der Waals surface area contributed by atoms with Crippen LogP contribution in [0.1, 0.15) is 10.4 Å². The molecule has 0 aliphatic carbocycles. The first kappa shape index (κ1) is 15.3. The molecule has 5 nitrogen and oxygen atoms in total. The second kappa shape index (κ2) is 7.06. The highest BCUT2D eigenvalue weighted by Crippen LogP contribution is 2.37. The first-order chi connectivity index (χ1) is 9.67. The van der Waals surface area contributed by atoms with Crippen LogP contribution in [0.5, 0.6) is 11.5 Å². The molecule has 1 N–H and O–H groups in total. The van der Waals surface area contributed by atoms with Gasteiger partial charge in [0.25, 0.3) is 0 Å². The molecule has 6 heteroatoms. The lowest BCUT2D eigenvalue weighted by Crippen LogP contribution is -2.45. The summed E-state index contributed by atoms with van der Waals surface area (Å²) in [5.74, 6) is 1.25. The maximum atomic E-state index is 12.4. The normalized spacial score (nSPS) is 15.9. The fourth-order valence-corrected chi connectivity index (χ4v) is 2.94. The minimum Gasteiger partial charge on any atom is -0.495 e. The summed E-state index contributed by atoms with van der Waals surface area (Å²) in [5.41, 5.74) is 0.582. The average Bonchev–Trinajstić information content (AvgIpc) is 2.47. The minimum absolute atomic E-state index is 0.0621. The van der Waals surface area contributed by atoms with Crippen LogP contribution in [-0.2, 0) is 0 Å². The molecule has 0 atom stereocenters. The molecule has 2 rings (SSSR count). The minimum atomic E-state index is 0.0621. The number of halogens is 1. The number of methoxy groups -OCH3 is 2. The standard InChI is InChI=1S/C14H19BrN2O3/c1-19-12-4-3-10(14(20-2)13(12)15)11(18)9-17-7-5-16-6-8-17/h3-4,16H,5-9H2,1-2H3. The van der Waals surface area contributed by atoms with Gasteiger partial charge in [0.05, 0.1) is 26.3 Å². The highest BCUT2D eigenvalue weighted by atomic mass is 79.9. The Labute approximate surface area is 127 Å². The number of ether oxygens (including phenoxy) is 2. The summed E-state index contributed by atoms with van der Waals surface area (Å²) in [4.78, 5) is 14.6. The molecule has 1 aromatic carbocycles. The SMILES string of the molecule is COc1ccc(C(=O)CN2CCNCC2)c(OC)c1Br. The van der Waals surface area contributed by atoms with Crippen molar-refractivity contribution < 1.29 is 14.3 Å². The summed E-state index contributed by atoms with van der Waals surface area (Å²) in [7, 11) is 3.14. The maximum Gasteiger partial charge on any atom is 0.180 e. The average molecular weight is 343 g/mol. The van der Waals surface area contributed by atoms with E-state index >= 15 is 0 Å². The van der Waals surface area contributed by atoms with Crippen molar-refractivity contribution in [1.29, 1.82) is 0 Å². The zero-order valence-corrected chi connectivity index (χ0v) is 13.3. The maximum absolute atomic E-state index is 12.4. The van der Waals surface area contributed by atoms with Crippen molar-refractivity contribution in [2.24, 2.45) is 0 Å². The molecule has 1 saturated heterocycles. The molecule has 0 spiro atoms. The zero-order valence-electron chi connectivity index (χ0n) is 11.7. The summed E-state index contributed by atoms with van der Waals surface area (Å²) in [6.45, 7) is 4.06. The Balaban J connectivity index is 2.18. The van der Waals surface area contributed by atoms with E-state index < -0.39 is 0 Å². The number of piperazine rings is 1. The van der Waals surface area contributed by atoms with Gasteiger partial charge >= 0.3 is 0 Å². The molecule has 1 aliphatic rings. The van der Waals surface area contributed by atoms with Crippen molar-refractivity contribution in [2.45, 2.75) is 0 Å². The predicted molar refractivity (Wildman–Crippen MR) is 80.9 cm³/mol. The first-order valence-electron chi connectivity index (χ1n) is 6.54. The molecule has 0 saturated carbocycles. The molecule has 0 amide bonds. The van der Waals surface area contributed by atoms with Crippen LogP contribution < -0.4 is 14.8 Å². The second-order valence-electron chi connectivity index (χ2n) is 4.61. The van der Waals surface area contributed by atoms with E-state index in [2.05, 4.69) is 26.1 Å². The van der Waals surface area contributed by atoms with Crippen LogP contribution in [0.3, 0.4) is 0 Å². The molecule has 0 unspecified atom stereocenters. The van der Waals surface area contributed by atoms with E-state index in [0.29, 0.717) is 28.1 Å². The third-order valence-electron chi connectivity index (χ3n) is 3.36. The summed E-state index contributed by atoms with van der Waals surface area (Å²) in [5, 5.41) is 3.27. The van der Waals surface area contributed by atoms with Gasteiger partial charge in [-0.15, -0.1) is 0 Å². The van der Waals surface area contributed by atoms with Crippen LogP contribution in [0.15, 0.2) is 16.6 Å². The smallest absolute Gasteiger partial charge is 0.180 e. The van der Waals surface area contributed by atoms with E-state index in [9.17, 15) is 4.79 Å². The highest BCUT2D eigenvalue weighted by Gasteiger charge is 2.21. The lowest BCUT2D eigenvalue weighted by atomic mass is 10.1. The van der Waals surface area contributed by atoms with Gasteiger partial charge in [-0.1, -0.05) is 0 Å². The first-order valence-corrected chi connectivity index (χ1v) is 7.33. The third-order valence-corrected chi connectivity index (χ3v) is 4.11. The van der Waals surface area contributed by atoms with Gasteiger partial charge < -0.3 is 14.8 Å². The number of hydrogen-bond donors (Lipinski definition) is 1. The van der Waals surface area contributed by atoms with E-state index in [1.807, 2.05) is 0 Å². The molecule has 1 aromatic rings. The Morgan fingerprint density at radius 3 is 2.60 bits per heavy atom. The molecule has 110 valence electrons. The highest BCUT2D eigenvalue weighted by molar-refractivity contribution is 9.10. The van der Waals surface area contributed by atoms with E-state index in [0.717, 1.165) is 26.2 Å². The number of carbonyl (C=O) groups is 1. The molecule has 1 aliphatic heterocycles. The zero-order chi connectivity index (χ0) is 14.5. The van der Waals surface area contributed by atoms with Crippen LogP contribution >= 0.6 is 15.9 Å². The number of benzene rings is 1. The van der Waals surface area contributed by atoms with Crippen LogP contribution in [0.25, 0.3) is 0 Å². The Bertz CT molecular complexity index is 488. The summed E-state index contributed by atoms with van der Waals surface area (Å²) < 4.78 is 11.2. The van der Waals surface area contributed by atoms with E-state index in [1.165, 1.54) is 0 Å². The quantitative estimate of drug-likeness (QED) is 0.823. The van der Waals surface area contributed by atoms with Crippen LogP contribution in [0.4, 0.5) is 0 Å². The van der Waals surface area contributed by atoms with Crippen LogP contribution in [0.2, 0.25) is 0 Å². The van der Waals surface area contributed by atoms with Crippen molar-refractivity contribution in [3.05, 3.63) is 22.2 Å². The molecular formula is C14H19BrN2O3. The predicted octanol–water partition coefficient (Wildman–Crippen LogP) is 1.55. The van der Waals surface area contributed by atoms with Gasteiger partial charge in [-0.25, -0.2) is 0 Å². The number of hydrogen-bond acceptors (Lipinski definition) is 5. The van der Waals surface area contributed by atoms with E-state index in [-0.39, 0.29) is 5.78 Å². The molecule has 20 heavy (non-hydrogen) atoms. The van der Waals surface area contributed by atoms with Gasteiger partial charge in [-0.3, -0.25) is 9.69 Å². The van der Waals surface area contributed by atoms with Gasteiger partial charge in [0.2, 0.25) is 0 Å². The molecule has 1 fully saturated rings. The number of carbonyl (C=O) groups excluding carboxylic acids is 1. The van der Waals surface area contributed by atoms with Crippen molar-refractivity contribution in [1.82, 2.24) is 10.2 Å². The Hall–Kier alpha value is -1.11. The van der Waals surface area contributed by atoms with E-state index in [4.69, 9.17) is 9.47 Å². The molecule has 0 aromatic heterocycles. The summed E-state index contributed by atoms with van der Waals surface area (Å²) in [6, 6.07) is 3.53. The molecule has 1 heterocycles. The molecule has 0 bridgehead atoms. The number of rotatable bonds is 5. The van der Waals surface area contributed by atoms with Gasteiger partial charge in [0.15, 0.2) is 5.78 Å². The second-order valence-corrected chi connectivity index (χ2v) is 5.40. The van der Waals surface area contributed by atoms with Crippen molar-refractivity contribution in [3.8, 4) is 11.5 Å². The summed E-state index contributed by atoms with van der Waals surface area (Å²) in [6.07, 6.45) is 0. The number of ketones is 1. The Morgan fingerprint density at radius 2 is 2.00 bits per heavy atom. The number of nitrogens with one attached hydrogen (secondary N) is 1. The third kappa shape index (κ3) is 3.31. The fraction of sp³-hybridized carbons (Fsp3) is 0.500.